The number of ether oxygens (including phenoxy) is 1. The van der Waals surface area contributed by atoms with E-state index in [-0.39, 0.29) is 23.4 Å². The van der Waals surface area contributed by atoms with Gasteiger partial charge in [-0.3, -0.25) is 19.6 Å². The van der Waals surface area contributed by atoms with Crippen molar-refractivity contribution in [3.8, 4) is 0 Å². The molecule has 0 saturated carbocycles. The van der Waals surface area contributed by atoms with Crippen molar-refractivity contribution in [1.29, 1.82) is 5.41 Å². The third-order valence-electron chi connectivity index (χ3n) is 7.25. The maximum atomic E-state index is 13.9. The molecule has 1 fully saturated rings. The summed E-state index contributed by atoms with van der Waals surface area (Å²) in [5.74, 6) is -0.669. The number of esters is 1. The highest BCUT2D eigenvalue weighted by molar-refractivity contribution is 5.87. The van der Waals surface area contributed by atoms with Gasteiger partial charge < -0.3 is 14.2 Å². The molecule has 0 spiro atoms. The summed E-state index contributed by atoms with van der Waals surface area (Å²) in [7, 11) is 1.37. The fourth-order valence-corrected chi connectivity index (χ4v) is 5.03. The van der Waals surface area contributed by atoms with E-state index in [0.29, 0.717) is 26.1 Å². The van der Waals surface area contributed by atoms with Crippen LogP contribution in [0.1, 0.15) is 28.3 Å². The number of imidazole rings is 1. The van der Waals surface area contributed by atoms with Crippen LogP contribution in [0.5, 0.6) is 0 Å². The van der Waals surface area contributed by atoms with Gasteiger partial charge in [0.2, 0.25) is 11.5 Å². The van der Waals surface area contributed by atoms with Gasteiger partial charge in [-0.15, -0.1) is 0 Å². The summed E-state index contributed by atoms with van der Waals surface area (Å²) in [6, 6.07) is 23.7. The molecule has 5 rings (SSSR count). The first kappa shape index (κ1) is 24.6. The van der Waals surface area contributed by atoms with E-state index in [4.69, 9.17) is 4.74 Å². The van der Waals surface area contributed by atoms with Gasteiger partial charge in [-0.2, -0.15) is 0 Å². The summed E-state index contributed by atoms with van der Waals surface area (Å²) < 4.78 is 8.68. The van der Waals surface area contributed by atoms with Gasteiger partial charge in [0.15, 0.2) is 0 Å². The van der Waals surface area contributed by atoms with Crippen LogP contribution in [0.25, 0.3) is 11.0 Å². The number of amides is 1. The van der Waals surface area contributed by atoms with E-state index in [1.807, 2.05) is 64.6 Å². The Morgan fingerprint density at radius 3 is 2.05 bits per heavy atom. The van der Waals surface area contributed by atoms with Gasteiger partial charge in [-0.25, -0.2) is 0 Å². The number of hydrogen-bond donors (Lipinski definition) is 1. The highest BCUT2D eigenvalue weighted by Crippen LogP contribution is 2.27. The van der Waals surface area contributed by atoms with Crippen LogP contribution < -0.4 is 5.62 Å². The maximum absolute atomic E-state index is 13.9. The monoisotopic (exact) mass is 496 g/mol. The minimum atomic E-state index is -0.613. The molecule has 1 atom stereocenters. The molecule has 7 heteroatoms. The molecule has 0 aliphatic carbocycles. The number of carbonyl (C=O) groups excluding carboxylic acids is 2. The van der Waals surface area contributed by atoms with E-state index in [1.165, 1.54) is 12.7 Å². The molecule has 1 aliphatic rings. The molecule has 1 unspecified atom stereocenters. The Bertz CT molecular complexity index is 1490. The number of methoxy groups -OCH3 is 1. The fourth-order valence-electron chi connectivity index (χ4n) is 5.03. The zero-order chi connectivity index (χ0) is 26.1. The molecule has 4 aromatic rings. The second kappa shape index (κ2) is 10.1. The van der Waals surface area contributed by atoms with Crippen molar-refractivity contribution in [1.82, 2.24) is 14.0 Å². The van der Waals surface area contributed by atoms with Crippen molar-refractivity contribution in [2.45, 2.75) is 32.9 Å². The number of rotatable bonds is 7. The predicted molar refractivity (Wildman–Crippen MR) is 142 cm³/mol. The zero-order valence-corrected chi connectivity index (χ0v) is 21.5. The summed E-state index contributed by atoms with van der Waals surface area (Å²) in [5.41, 5.74) is 6.48. The van der Waals surface area contributed by atoms with E-state index in [2.05, 4.69) is 31.2 Å². The smallest absolute Gasteiger partial charge is 0.312 e. The maximum Gasteiger partial charge on any atom is 0.312 e. The zero-order valence-electron chi connectivity index (χ0n) is 21.5. The van der Waals surface area contributed by atoms with Crippen LogP contribution in [0.4, 0.5) is 0 Å². The molecule has 1 amide bonds. The second-order valence-electron chi connectivity index (χ2n) is 9.92. The highest BCUT2D eigenvalue weighted by Gasteiger charge is 2.40. The van der Waals surface area contributed by atoms with Gasteiger partial charge in [-0.1, -0.05) is 71.8 Å². The van der Waals surface area contributed by atoms with Gasteiger partial charge in [0.1, 0.15) is 6.04 Å². The number of carbonyl (C=O) groups is 2. The summed E-state index contributed by atoms with van der Waals surface area (Å²) in [5, 5.41) is 9.22. The van der Waals surface area contributed by atoms with Crippen molar-refractivity contribution in [2.24, 2.45) is 5.92 Å². The van der Waals surface area contributed by atoms with Crippen molar-refractivity contribution in [2.75, 3.05) is 20.2 Å². The number of likely N-dealkylation sites (tertiary alicyclic amines) is 1. The van der Waals surface area contributed by atoms with Gasteiger partial charge in [-0.05, 0) is 37.1 Å². The number of hydrogen-bond acceptors (Lipinski definition) is 4. The van der Waals surface area contributed by atoms with Gasteiger partial charge >= 0.3 is 5.97 Å². The lowest BCUT2D eigenvalue weighted by atomic mass is 9.96. The Kier molecular flexibility index (Phi) is 6.70. The number of fused-ring (bicyclic) bond motifs is 1. The topological polar surface area (TPSA) is 80.3 Å². The van der Waals surface area contributed by atoms with E-state index in [1.54, 1.807) is 4.90 Å². The van der Waals surface area contributed by atoms with Crippen molar-refractivity contribution in [3.63, 3.8) is 0 Å². The number of benzene rings is 3. The van der Waals surface area contributed by atoms with Crippen LogP contribution in [0, 0.1) is 25.2 Å². The molecule has 1 N–H and O–H groups in total. The largest absolute Gasteiger partial charge is 0.469 e. The first-order valence-electron chi connectivity index (χ1n) is 12.6. The van der Waals surface area contributed by atoms with Crippen molar-refractivity contribution >= 4 is 22.9 Å². The molecule has 1 aromatic heterocycles. The quantitative estimate of drug-likeness (QED) is 0.393. The molecular weight excluding hydrogens is 464 g/mol. The Morgan fingerprint density at radius 1 is 0.892 bits per heavy atom. The minimum absolute atomic E-state index is 0.0857. The lowest BCUT2D eigenvalue weighted by molar-refractivity contribution is -0.156. The Labute approximate surface area is 216 Å². The summed E-state index contributed by atoms with van der Waals surface area (Å²) >= 11 is 0. The van der Waals surface area contributed by atoms with Crippen LogP contribution in [0.2, 0.25) is 0 Å². The fraction of sp³-hybridized carbons (Fsp3) is 0.300. The number of aromatic nitrogens is 2. The van der Waals surface area contributed by atoms with Gasteiger partial charge in [0.05, 0.1) is 30.6 Å². The Morgan fingerprint density at radius 2 is 1.46 bits per heavy atom. The summed E-state index contributed by atoms with van der Waals surface area (Å²) in [4.78, 5) is 27.6. The van der Waals surface area contributed by atoms with Gasteiger partial charge in [0.25, 0.3) is 0 Å². The second-order valence-corrected chi connectivity index (χ2v) is 9.92. The highest BCUT2D eigenvalue weighted by atomic mass is 16.5. The number of nitrogens with one attached hydrogen (secondary N) is 1. The van der Waals surface area contributed by atoms with Crippen LogP contribution >= 0.6 is 0 Å². The molecule has 37 heavy (non-hydrogen) atoms. The first-order valence-corrected chi connectivity index (χ1v) is 12.6. The molecular formula is C30H32N4O3. The normalized spacial score (nSPS) is 14.4. The SMILES string of the molecule is COC(=O)C1CN(C(=O)C(Cc2ccc(C)cc2)n2c(=N)n(Cc3ccc(C)cc3)c3ccccc32)C1. The number of para-hydroxylation sites is 2. The third-order valence-corrected chi connectivity index (χ3v) is 7.25. The van der Waals surface area contributed by atoms with Crippen molar-refractivity contribution < 1.29 is 14.3 Å². The minimum Gasteiger partial charge on any atom is -0.469 e. The van der Waals surface area contributed by atoms with E-state index in [0.717, 1.165) is 27.7 Å². The molecule has 0 radical (unpaired) electrons. The van der Waals surface area contributed by atoms with Crippen LogP contribution in [-0.2, 0) is 27.3 Å². The van der Waals surface area contributed by atoms with Gasteiger partial charge in [0, 0.05) is 19.5 Å². The first-order chi connectivity index (χ1) is 17.9. The average molecular weight is 497 g/mol. The standard InChI is InChI=1S/C30H32N4O3/c1-20-8-12-22(13-9-20)16-27(28(35)32-18-24(19-32)29(36)37-3)34-26-7-5-4-6-25(26)33(30(34)31)17-23-14-10-21(2)11-15-23/h4-15,24,27,31H,16-19H2,1-3H3. The summed E-state index contributed by atoms with van der Waals surface area (Å²) in [6.45, 7) is 5.30. The molecule has 7 nitrogen and oxygen atoms in total. The lowest BCUT2D eigenvalue weighted by Gasteiger charge is -2.39. The molecule has 190 valence electrons. The molecule has 1 aliphatic heterocycles. The summed E-state index contributed by atoms with van der Waals surface area (Å²) in [6.07, 6.45) is 0.452. The molecule has 0 bridgehead atoms. The van der Waals surface area contributed by atoms with Crippen LogP contribution in [0.15, 0.2) is 72.8 Å². The number of nitrogens with zero attached hydrogens (tertiary/aromatic N) is 3. The Hall–Kier alpha value is -4.13. The third kappa shape index (κ3) is 4.81. The van der Waals surface area contributed by atoms with Crippen molar-refractivity contribution in [3.05, 3.63) is 101 Å². The molecule has 2 heterocycles. The van der Waals surface area contributed by atoms with Crippen LogP contribution in [0.3, 0.4) is 0 Å². The van der Waals surface area contributed by atoms with E-state index >= 15 is 0 Å². The molecule has 1 saturated heterocycles. The predicted octanol–water partition coefficient (Wildman–Crippen LogP) is 4.00. The van der Waals surface area contributed by atoms with E-state index in [9.17, 15) is 15.0 Å². The lowest BCUT2D eigenvalue weighted by Crippen LogP contribution is -2.56. The Balaban J connectivity index is 1.57. The number of aryl methyl sites for hydroxylation is 2. The van der Waals surface area contributed by atoms with E-state index < -0.39 is 6.04 Å². The average Bonchev–Trinajstić information content (AvgIpc) is 3.15. The van der Waals surface area contributed by atoms with Crippen LogP contribution in [-0.4, -0.2) is 46.1 Å². The molecule has 3 aromatic carbocycles.